The van der Waals surface area contributed by atoms with Crippen LogP contribution in [-0.4, -0.2) is 35.6 Å². The lowest BCUT2D eigenvalue weighted by Gasteiger charge is -2.37. The second-order valence-corrected chi connectivity index (χ2v) is 14.1. The van der Waals surface area contributed by atoms with Gasteiger partial charge in [0.1, 0.15) is 17.1 Å². The fraction of sp³-hybridized carbons (Fsp3) is 0.531. The molecule has 3 rings (SSSR count). The SMILES string of the molecule is CC(C)[C@H](NC(=O)[C@@H]1NC(CC(C)(C)C)[C@](C#N)(c2ccc(Cl)cc2)C1c1cccc(Cl)c1)C(=O)OC(C)(C)C. The van der Waals surface area contributed by atoms with Crippen molar-refractivity contribution in [3.63, 3.8) is 0 Å². The summed E-state index contributed by atoms with van der Waals surface area (Å²) in [5.74, 6) is -1.70. The molecular formula is C32H41Cl2N3O3. The summed E-state index contributed by atoms with van der Waals surface area (Å²) in [5.41, 5.74) is -0.482. The molecule has 216 valence electrons. The smallest absolute Gasteiger partial charge is 0.329 e. The van der Waals surface area contributed by atoms with Crippen LogP contribution >= 0.6 is 23.2 Å². The van der Waals surface area contributed by atoms with Crippen molar-refractivity contribution in [2.45, 2.75) is 96.9 Å². The number of carbonyl (C=O) groups is 2. The standard InChI is InChI=1S/C32H41Cl2N3O3/c1-19(2)26(29(39)40-31(6,7)8)37-28(38)27-25(20-10-9-11-23(34)16-20)32(18-35,21-12-14-22(33)15-13-21)24(36-27)17-30(3,4)5/h9-16,19,24-27,36H,17H2,1-8H3,(H,37,38)/t24?,25?,26-,27+,32-/m0/s1. The maximum absolute atomic E-state index is 14.2. The highest BCUT2D eigenvalue weighted by Crippen LogP contribution is 2.51. The van der Waals surface area contributed by atoms with Crippen molar-refractivity contribution in [2.24, 2.45) is 11.3 Å². The summed E-state index contributed by atoms with van der Waals surface area (Å²) in [6.07, 6.45) is 0.615. The molecule has 2 unspecified atom stereocenters. The van der Waals surface area contributed by atoms with Gasteiger partial charge in [-0.1, -0.05) is 82.1 Å². The lowest BCUT2D eigenvalue weighted by atomic mass is 9.63. The first-order valence-electron chi connectivity index (χ1n) is 13.7. The molecule has 1 fully saturated rings. The zero-order chi connectivity index (χ0) is 30.0. The average Bonchev–Trinajstić information content (AvgIpc) is 3.14. The van der Waals surface area contributed by atoms with Gasteiger partial charge in [0.25, 0.3) is 0 Å². The number of nitriles is 1. The highest BCUT2D eigenvalue weighted by atomic mass is 35.5. The van der Waals surface area contributed by atoms with Crippen LogP contribution in [0.1, 0.15) is 78.9 Å². The van der Waals surface area contributed by atoms with Crippen LogP contribution in [0.25, 0.3) is 0 Å². The zero-order valence-corrected chi connectivity index (χ0v) is 26.2. The van der Waals surface area contributed by atoms with Gasteiger partial charge < -0.3 is 15.4 Å². The lowest BCUT2D eigenvalue weighted by Crippen LogP contribution is -2.53. The van der Waals surface area contributed by atoms with Gasteiger partial charge in [-0.25, -0.2) is 4.79 Å². The zero-order valence-electron chi connectivity index (χ0n) is 24.6. The first-order chi connectivity index (χ1) is 18.5. The van der Waals surface area contributed by atoms with E-state index in [1.165, 1.54) is 0 Å². The van der Waals surface area contributed by atoms with Crippen LogP contribution in [0.15, 0.2) is 48.5 Å². The third-order valence-electron chi connectivity index (χ3n) is 7.19. The van der Waals surface area contributed by atoms with E-state index >= 15 is 0 Å². The molecule has 1 saturated heterocycles. The molecule has 0 saturated carbocycles. The van der Waals surface area contributed by atoms with Gasteiger partial charge in [-0.3, -0.25) is 4.79 Å². The van der Waals surface area contributed by atoms with Gasteiger partial charge >= 0.3 is 5.97 Å². The number of amides is 1. The predicted octanol–water partition coefficient (Wildman–Crippen LogP) is 6.80. The van der Waals surface area contributed by atoms with Crippen molar-refractivity contribution in [3.8, 4) is 6.07 Å². The number of nitrogens with zero attached hydrogens (tertiary/aromatic N) is 1. The van der Waals surface area contributed by atoms with E-state index in [1.54, 1.807) is 39.0 Å². The van der Waals surface area contributed by atoms with E-state index < -0.39 is 41.0 Å². The van der Waals surface area contributed by atoms with Crippen LogP contribution < -0.4 is 10.6 Å². The highest BCUT2D eigenvalue weighted by molar-refractivity contribution is 6.30. The van der Waals surface area contributed by atoms with Crippen LogP contribution in [0.2, 0.25) is 10.0 Å². The number of esters is 1. The van der Waals surface area contributed by atoms with Crippen LogP contribution in [0.3, 0.4) is 0 Å². The van der Waals surface area contributed by atoms with Crippen LogP contribution in [0.5, 0.6) is 0 Å². The number of hydrogen-bond acceptors (Lipinski definition) is 5. The first-order valence-corrected chi connectivity index (χ1v) is 14.5. The Morgan fingerprint density at radius 2 is 1.68 bits per heavy atom. The molecule has 2 aromatic carbocycles. The molecule has 0 aliphatic carbocycles. The predicted molar refractivity (Wildman–Crippen MR) is 160 cm³/mol. The largest absolute Gasteiger partial charge is 0.458 e. The molecule has 1 amide bonds. The summed E-state index contributed by atoms with van der Waals surface area (Å²) >= 11 is 12.7. The fourth-order valence-electron chi connectivity index (χ4n) is 5.56. The minimum atomic E-state index is -1.14. The van der Waals surface area contributed by atoms with Gasteiger partial charge in [0, 0.05) is 22.0 Å². The van der Waals surface area contributed by atoms with Gasteiger partial charge in [-0.15, -0.1) is 0 Å². The minimum absolute atomic E-state index is 0.159. The molecule has 2 aromatic rings. The Hall–Kier alpha value is -2.59. The van der Waals surface area contributed by atoms with Crippen LogP contribution in [-0.2, 0) is 19.7 Å². The lowest BCUT2D eigenvalue weighted by molar-refractivity contribution is -0.160. The molecule has 1 aliphatic rings. The molecule has 0 aromatic heterocycles. The number of nitrogens with one attached hydrogen (secondary N) is 2. The normalized spacial score (nSPS) is 23.9. The van der Waals surface area contributed by atoms with Crippen molar-refractivity contribution in [1.82, 2.24) is 10.6 Å². The summed E-state index contributed by atoms with van der Waals surface area (Å²) in [4.78, 5) is 27.3. The van der Waals surface area contributed by atoms with Crippen molar-refractivity contribution in [2.75, 3.05) is 0 Å². The summed E-state index contributed by atoms with van der Waals surface area (Å²) in [5, 5.41) is 18.6. The monoisotopic (exact) mass is 585 g/mol. The number of hydrogen-bond donors (Lipinski definition) is 2. The molecule has 6 nitrogen and oxygen atoms in total. The van der Waals surface area contributed by atoms with Crippen LogP contribution in [0, 0.1) is 22.7 Å². The molecule has 0 bridgehead atoms. The van der Waals surface area contributed by atoms with Gasteiger partial charge in [-0.2, -0.15) is 5.26 Å². The number of benzene rings is 2. The van der Waals surface area contributed by atoms with Crippen molar-refractivity contribution in [3.05, 3.63) is 69.7 Å². The number of halogens is 2. The van der Waals surface area contributed by atoms with Gasteiger partial charge in [0.15, 0.2) is 0 Å². The number of rotatable bonds is 7. The summed E-state index contributed by atoms with van der Waals surface area (Å²) in [6.45, 7) is 15.4. The average molecular weight is 587 g/mol. The fourth-order valence-corrected chi connectivity index (χ4v) is 5.89. The highest BCUT2D eigenvalue weighted by Gasteiger charge is 2.59. The van der Waals surface area contributed by atoms with Gasteiger partial charge in [-0.05, 0) is 73.9 Å². The Morgan fingerprint density at radius 1 is 1.05 bits per heavy atom. The molecule has 8 heteroatoms. The number of carbonyl (C=O) groups excluding carboxylic acids is 2. The quantitative estimate of drug-likeness (QED) is 0.349. The molecule has 2 N–H and O–H groups in total. The Bertz CT molecular complexity index is 1260. The van der Waals surface area contributed by atoms with Crippen molar-refractivity contribution in [1.29, 1.82) is 5.26 Å². The summed E-state index contributed by atoms with van der Waals surface area (Å²) in [7, 11) is 0. The van der Waals surface area contributed by atoms with Gasteiger partial charge in [0.05, 0.1) is 12.1 Å². The Kier molecular flexibility index (Phi) is 9.66. The van der Waals surface area contributed by atoms with E-state index in [4.69, 9.17) is 27.9 Å². The Morgan fingerprint density at radius 3 is 2.17 bits per heavy atom. The van der Waals surface area contributed by atoms with E-state index in [0.717, 1.165) is 11.1 Å². The molecular weight excluding hydrogens is 545 g/mol. The van der Waals surface area contributed by atoms with Crippen LogP contribution in [0.4, 0.5) is 0 Å². The van der Waals surface area contributed by atoms with Crippen molar-refractivity contribution < 1.29 is 14.3 Å². The van der Waals surface area contributed by atoms with E-state index in [-0.39, 0.29) is 17.2 Å². The van der Waals surface area contributed by atoms with E-state index in [9.17, 15) is 14.9 Å². The Labute approximate surface area is 248 Å². The first kappa shape index (κ1) is 31.9. The maximum Gasteiger partial charge on any atom is 0.329 e. The topological polar surface area (TPSA) is 91.2 Å². The summed E-state index contributed by atoms with van der Waals surface area (Å²) < 4.78 is 5.63. The maximum atomic E-state index is 14.2. The Balaban J connectivity index is 2.18. The molecule has 1 aliphatic heterocycles. The molecule has 0 spiro atoms. The molecule has 5 atom stereocenters. The van der Waals surface area contributed by atoms with Gasteiger partial charge in [0.2, 0.25) is 5.91 Å². The van der Waals surface area contributed by atoms with Crippen molar-refractivity contribution >= 4 is 35.1 Å². The second-order valence-electron chi connectivity index (χ2n) is 13.2. The molecule has 40 heavy (non-hydrogen) atoms. The third kappa shape index (κ3) is 7.18. The molecule has 1 heterocycles. The summed E-state index contributed by atoms with van der Waals surface area (Å²) in [6, 6.07) is 15.1. The van der Waals surface area contributed by atoms with E-state index in [1.807, 2.05) is 44.2 Å². The molecule has 0 radical (unpaired) electrons. The number of ether oxygens (including phenoxy) is 1. The van der Waals surface area contributed by atoms with E-state index in [0.29, 0.717) is 16.5 Å². The third-order valence-corrected chi connectivity index (χ3v) is 7.68. The second kappa shape index (κ2) is 12.1. The van der Waals surface area contributed by atoms with E-state index in [2.05, 4.69) is 37.5 Å². The minimum Gasteiger partial charge on any atom is -0.458 e.